The van der Waals surface area contributed by atoms with Gasteiger partial charge in [0.2, 0.25) is 5.82 Å². The minimum atomic E-state index is -4.56. The highest BCUT2D eigenvalue weighted by atomic mass is 35.5. The zero-order chi connectivity index (χ0) is 24.2. The molecule has 4 aromatic rings. The summed E-state index contributed by atoms with van der Waals surface area (Å²) in [6, 6.07) is 6.01. The molecule has 1 aliphatic rings. The van der Waals surface area contributed by atoms with Gasteiger partial charge in [0.1, 0.15) is 5.69 Å². The van der Waals surface area contributed by atoms with E-state index < -0.39 is 17.7 Å². The van der Waals surface area contributed by atoms with Crippen molar-refractivity contribution in [2.24, 2.45) is 5.92 Å². The second-order valence-electron chi connectivity index (χ2n) is 7.89. The van der Waals surface area contributed by atoms with Gasteiger partial charge >= 0.3 is 12.1 Å². The molecule has 1 N–H and O–H groups in total. The molecule has 34 heavy (non-hydrogen) atoms. The van der Waals surface area contributed by atoms with Crippen LogP contribution in [0.2, 0.25) is 10.0 Å². The van der Waals surface area contributed by atoms with Crippen LogP contribution in [0.15, 0.2) is 41.2 Å². The molecule has 176 valence electrons. The van der Waals surface area contributed by atoms with Gasteiger partial charge in [0.25, 0.3) is 5.89 Å². The molecule has 5 rings (SSSR count). The van der Waals surface area contributed by atoms with Gasteiger partial charge in [-0.15, -0.1) is 0 Å². The van der Waals surface area contributed by atoms with Gasteiger partial charge in [0.05, 0.1) is 16.5 Å². The summed E-state index contributed by atoms with van der Waals surface area (Å²) in [6.07, 6.45) is -2.36. The number of halogens is 5. The van der Waals surface area contributed by atoms with Crippen LogP contribution < -0.4 is 0 Å². The summed E-state index contributed by atoms with van der Waals surface area (Å²) in [5, 5.41) is 13.2. The van der Waals surface area contributed by atoms with E-state index in [0.717, 1.165) is 22.2 Å². The van der Waals surface area contributed by atoms with E-state index in [9.17, 15) is 18.0 Å². The summed E-state index contributed by atoms with van der Waals surface area (Å²) in [5.41, 5.74) is 0.762. The minimum Gasteiger partial charge on any atom is -0.481 e. The summed E-state index contributed by atoms with van der Waals surface area (Å²) >= 11 is 12.4. The third kappa shape index (κ3) is 4.22. The number of benzene rings is 1. The van der Waals surface area contributed by atoms with E-state index in [4.69, 9.17) is 32.8 Å². The van der Waals surface area contributed by atoms with Crippen molar-refractivity contribution in [3.8, 4) is 23.0 Å². The molecule has 1 aromatic carbocycles. The van der Waals surface area contributed by atoms with Crippen molar-refractivity contribution in [1.82, 2.24) is 24.4 Å². The number of likely N-dealkylation sites (tertiary alicyclic amines) is 1. The molecule has 1 saturated heterocycles. The van der Waals surface area contributed by atoms with E-state index in [1.54, 1.807) is 18.2 Å². The quantitative estimate of drug-likeness (QED) is 0.407. The van der Waals surface area contributed by atoms with Crippen LogP contribution >= 0.6 is 23.2 Å². The lowest BCUT2D eigenvalue weighted by Gasteiger charge is -2.36. The Kier molecular flexibility index (Phi) is 5.50. The number of rotatable bonds is 5. The summed E-state index contributed by atoms with van der Waals surface area (Å²) in [6.45, 7) is 1.45. The highest BCUT2D eigenvalue weighted by Gasteiger charge is 2.33. The van der Waals surface area contributed by atoms with Gasteiger partial charge in [-0.25, -0.2) is 4.98 Å². The molecule has 0 saturated carbocycles. The van der Waals surface area contributed by atoms with Gasteiger partial charge < -0.3 is 14.0 Å². The normalized spacial score (nSPS) is 15.1. The van der Waals surface area contributed by atoms with Crippen molar-refractivity contribution in [3.63, 3.8) is 0 Å². The number of carboxylic acids is 1. The lowest BCUT2D eigenvalue weighted by Crippen LogP contribution is -2.49. The first kappa shape index (κ1) is 22.6. The number of aromatic nitrogens is 4. The second-order valence-corrected chi connectivity index (χ2v) is 8.70. The molecule has 0 bridgehead atoms. The highest BCUT2D eigenvalue weighted by molar-refractivity contribution is 6.33. The average molecular weight is 512 g/mol. The Morgan fingerprint density at radius 2 is 1.91 bits per heavy atom. The Bertz CT molecular complexity index is 1410. The highest BCUT2D eigenvalue weighted by Crippen LogP contribution is 2.33. The zero-order valence-electron chi connectivity index (χ0n) is 17.1. The van der Waals surface area contributed by atoms with E-state index in [-0.39, 0.29) is 34.0 Å². The molecule has 4 heterocycles. The van der Waals surface area contributed by atoms with Crippen molar-refractivity contribution >= 4 is 34.8 Å². The van der Waals surface area contributed by atoms with Crippen LogP contribution in [0.3, 0.4) is 0 Å². The van der Waals surface area contributed by atoms with Crippen LogP contribution in [0.5, 0.6) is 0 Å². The standard InChI is InChI=1S/C21H14Cl2F3N5O3/c22-14-3-10(1-2-11(14)5-30-6-12(7-30)20(32)33)17-28-19(34-29-17)16-9-31-8-13(21(24,25)26)4-15(23)18(31)27-16/h1-4,8-9,12H,5-7H2,(H,32,33). The van der Waals surface area contributed by atoms with Crippen molar-refractivity contribution in [2.75, 3.05) is 13.1 Å². The van der Waals surface area contributed by atoms with E-state index in [0.29, 0.717) is 30.2 Å². The molecule has 0 spiro atoms. The molecular weight excluding hydrogens is 498 g/mol. The van der Waals surface area contributed by atoms with E-state index in [1.807, 2.05) is 4.90 Å². The maximum absolute atomic E-state index is 13.0. The lowest BCUT2D eigenvalue weighted by molar-refractivity contribution is -0.147. The predicted octanol–water partition coefficient (Wildman–Crippen LogP) is 4.89. The van der Waals surface area contributed by atoms with Gasteiger partial charge in [-0.2, -0.15) is 18.2 Å². The van der Waals surface area contributed by atoms with Crippen LogP contribution in [0.1, 0.15) is 11.1 Å². The van der Waals surface area contributed by atoms with Crippen molar-refractivity contribution in [3.05, 3.63) is 57.8 Å². The first-order valence-corrected chi connectivity index (χ1v) is 10.7. The fourth-order valence-electron chi connectivity index (χ4n) is 3.67. The van der Waals surface area contributed by atoms with Gasteiger partial charge in [-0.1, -0.05) is 40.5 Å². The number of carbonyl (C=O) groups is 1. The molecule has 3 aromatic heterocycles. The first-order valence-electron chi connectivity index (χ1n) is 9.92. The van der Waals surface area contributed by atoms with Crippen LogP contribution in [0, 0.1) is 5.92 Å². The maximum atomic E-state index is 13.0. The third-order valence-corrected chi connectivity index (χ3v) is 6.12. The number of hydrogen-bond donors (Lipinski definition) is 1. The van der Waals surface area contributed by atoms with Crippen molar-refractivity contribution < 1.29 is 27.6 Å². The third-order valence-electron chi connectivity index (χ3n) is 5.49. The summed E-state index contributed by atoms with van der Waals surface area (Å²) in [4.78, 5) is 21.4. The Balaban J connectivity index is 1.37. The molecule has 0 amide bonds. The van der Waals surface area contributed by atoms with Crippen molar-refractivity contribution in [1.29, 1.82) is 0 Å². The lowest BCUT2D eigenvalue weighted by atomic mass is 9.99. The fourth-order valence-corrected chi connectivity index (χ4v) is 4.17. The molecule has 1 fully saturated rings. The Labute approximate surface area is 199 Å². The molecule has 1 aliphatic heterocycles. The number of nitrogens with zero attached hydrogens (tertiary/aromatic N) is 5. The second kappa shape index (κ2) is 8.26. The Morgan fingerprint density at radius 3 is 2.59 bits per heavy atom. The number of alkyl halides is 3. The number of hydrogen-bond acceptors (Lipinski definition) is 6. The molecule has 13 heteroatoms. The molecule has 0 atom stereocenters. The van der Waals surface area contributed by atoms with Gasteiger partial charge in [-0.3, -0.25) is 9.69 Å². The Morgan fingerprint density at radius 1 is 1.15 bits per heavy atom. The van der Waals surface area contributed by atoms with Crippen LogP contribution in [0.25, 0.3) is 28.6 Å². The van der Waals surface area contributed by atoms with Crippen LogP contribution in [-0.4, -0.2) is 48.6 Å². The molecule has 0 aliphatic carbocycles. The zero-order valence-corrected chi connectivity index (χ0v) is 18.6. The van der Waals surface area contributed by atoms with Crippen molar-refractivity contribution in [2.45, 2.75) is 12.7 Å². The minimum absolute atomic E-state index is 0.00353. The van der Waals surface area contributed by atoms with Crippen LogP contribution in [0.4, 0.5) is 13.2 Å². The number of imidazole rings is 1. The number of fused-ring (bicyclic) bond motifs is 1. The molecule has 0 radical (unpaired) electrons. The van der Waals surface area contributed by atoms with Gasteiger partial charge in [-0.05, 0) is 17.7 Å². The maximum Gasteiger partial charge on any atom is 0.417 e. The van der Waals surface area contributed by atoms with Crippen LogP contribution in [-0.2, 0) is 17.5 Å². The summed E-state index contributed by atoms with van der Waals surface area (Å²) in [5.74, 6) is -0.939. The summed E-state index contributed by atoms with van der Waals surface area (Å²) < 4.78 is 45.6. The van der Waals surface area contributed by atoms with E-state index >= 15 is 0 Å². The fraction of sp³-hybridized carbons (Fsp3) is 0.238. The van der Waals surface area contributed by atoms with E-state index in [2.05, 4.69) is 15.1 Å². The Hall–Kier alpha value is -3.15. The number of carboxylic acid groups (broad SMARTS) is 1. The largest absolute Gasteiger partial charge is 0.481 e. The van der Waals surface area contributed by atoms with Gasteiger partial charge in [0.15, 0.2) is 5.65 Å². The SMILES string of the molecule is O=C(O)C1CN(Cc2ccc(-c3noc(-c4cn5cc(C(F)(F)F)cc(Cl)c5n4)n3)cc2Cl)C1. The molecular formula is C21H14Cl2F3N5O3. The van der Waals surface area contributed by atoms with E-state index in [1.165, 1.54) is 6.20 Å². The average Bonchev–Trinajstić information content (AvgIpc) is 3.37. The number of aliphatic carboxylic acids is 1. The van der Waals surface area contributed by atoms with Gasteiger partial charge in [0, 0.05) is 42.6 Å². The topological polar surface area (TPSA) is 96.8 Å². The summed E-state index contributed by atoms with van der Waals surface area (Å²) in [7, 11) is 0. The number of pyridine rings is 1. The first-order chi connectivity index (χ1) is 16.1. The predicted molar refractivity (Wildman–Crippen MR) is 115 cm³/mol. The molecule has 8 nitrogen and oxygen atoms in total. The monoisotopic (exact) mass is 511 g/mol. The molecule has 0 unspecified atom stereocenters. The smallest absolute Gasteiger partial charge is 0.417 e.